The molecule has 0 atom stereocenters. The number of ether oxygens (including phenoxy) is 1. The smallest absolute Gasteiger partial charge is 0.244 e. The first-order chi connectivity index (χ1) is 14.9. The van der Waals surface area contributed by atoms with Crippen molar-refractivity contribution in [1.29, 1.82) is 0 Å². The first kappa shape index (κ1) is 21.9. The number of nitrogens with one attached hydrogen (secondary N) is 2. The van der Waals surface area contributed by atoms with Crippen LogP contribution < -0.4 is 15.4 Å². The van der Waals surface area contributed by atoms with E-state index in [0.29, 0.717) is 23.2 Å². The molecule has 0 aliphatic carbocycles. The molecule has 31 heavy (non-hydrogen) atoms. The summed E-state index contributed by atoms with van der Waals surface area (Å²) >= 11 is 0. The lowest BCUT2D eigenvalue weighted by Crippen LogP contribution is -2.35. The maximum absolute atomic E-state index is 12.2. The summed E-state index contributed by atoms with van der Waals surface area (Å²) in [5.74, 6) is 0.657. The van der Waals surface area contributed by atoms with Gasteiger partial charge in [-0.25, -0.2) is 0 Å². The minimum Gasteiger partial charge on any atom is -0.495 e. The van der Waals surface area contributed by atoms with Crippen molar-refractivity contribution in [3.63, 3.8) is 0 Å². The van der Waals surface area contributed by atoms with E-state index in [-0.39, 0.29) is 19.0 Å². The Morgan fingerprint density at radius 2 is 1.84 bits per heavy atom. The van der Waals surface area contributed by atoms with Crippen molar-refractivity contribution >= 4 is 17.5 Å². The molecule has 2 N–H and O–H groups in total. The number of tetrazole rings is 1. The van der Waals surface area contributed by atoms with E-state index in [9.17, 15) is 9.59 Å². The van der Waals surface area contributed by atoms with Crippen LogP contribution in [0, 0.1) is 6.92 Å². The molecule has 9 nitrogen and oxygen atoms in total. The molecule has 0 fully saturated rings. The summed E-state index contributed by atoms with van der Waals surface area (Å²) in [6.45, 7) is 5.83. The van der Waals surface area contributed by atoms with Gasteiger partial charge in [0.2, 0.25) is 17.6 Å². The molecule has 0 saturated carbocycles. The van der Waals surface area contributed by atoms with Crippen LogP contribution in [0.2, 0.25) is 0 Å². The lowest BCUT2D eigenvalue weighted by Gasteiger charge is -2.11. The van der Waals surface area contributed by atoms with Gasteiger partial charge in [0, 0.05) is 5.56 Å². The number of aromatic nitrogens is 4. The van der Waals surface area contributed by atoms with Gasteiger partial charge < -0.3 is 15.4 Å². The Kier molecular flexibility index (Phi) is 6.96. The lowest BCUT2D eigenvalue weighted by molar-refractivity contribution is -0.124. The number of hydrogen-bond donors (Lipinski definition) is 2. The Morgan fingerprint density at radius 1 is 1.10 bits per heavy atom. The van der Waals surface area contributed by atoms with Crippen LogP contribution in [0.15, 0.2) is 42.5 Å². The highest BCUT2D eigenvalue weighted by Gasteiger charge is 2.12. The fourth-order valence-electron chi connectivity index (χ4n) is 2.92. The molecule has 9 heteroatoms. The van der Waals surface area contributed by atoms with E-state index in [4.69, 9.17) is 4.74 Å². The van der Waals surface area contributed by atoms with Crippen LogP contribution in [0.1, 0.15) is 30.9 Å². The number of carbonyl (C=O) groups is 2. The molecule has 0 aliphatic rings. The molecule has 2 amide bonds. The Balaban J connectivity index is 1.52. The lowest BCUT2D eigenvalue weighted by atomic mass is 10.0. The van der Waals surface area contributed by atoms with Crippen LogP contribution in [-0.2, 0) is 16.1 Å². The van der Waals surface area contributed by atoms with Gasteiger partial charge in [0.1, 0.15) is 12.3 Å². The van der Waals surface area contributed by atoms with E-state index in [1.807, 2.05) is 37.3 Å². The third-order valence-electron chi connectivity index (χ3n) is 4.65. The number of nitrogens with zero attached hydrogens (tertiary/aromatic N) is 4. The number of rotatable bonds is 8. The quantitative estimate of drug-likeness (QED) is 0.577. The van der Waals surface area contributed by atoms with Crippen molar-refractivity contribution < 1.29 is 14.3 Å². The first-order valence-corrected chi connectivity index (χ1v) is 9.95. The highest BCUT2D eigenvalue weighted by molar-refractivity contribution is 5.95. The summed E-state index contributed by atoms with van der Waals surface area (Å²) < 4.78 is 5.23. The number of methoxy groups -OCH3 is 1. The molecule has 162 valence electrons. The number of aryl methyl sites for hydroxylation is 1. The fraction of sp³-hybridized carbons (Fsp3) is 0.318. The summed E-state index contributed by atoms with van der Waals surface area (Å²) in [5, 5.41) is 17.4. The average Bonchev–Trinajstić information content (AvgIpc) is 3.21. The van der Waals surface area contributed by atoms with Gasteiger partial charge in [-0.1, -0.05) is 44.2 Å². The van der Waals surface area contributed by atoms with Crippen molar-refractivity contribution in [3.05, 3.63) is 53.6 Å². The van der Waals surface area contributed by atoms with Gasteiger partial charge in [0.05, 0.1) is 19.3 Å². The minimum absolute atomic E-state index is 0.141. The van der Waals surface area contributed by atoms with E-state index < -0.39 is 5.91 Å². The maximum atomic E-state index is 12.2. The first-order valence-electron chi connectivity index (χ1n) is 9.95. The number of benzene rings is 2. The fourth-order valence-corrected chi connectivity index (χ4v) is 2.92. The molecule has 0 unspecified atom stereocenters. The molecule has 3 rings (SSSR count). The number of anilines is 1. The second-order valence-corrected chi connectivity index (χ2v) is 7.45. The van der Waals surface area contributed by atoms with Gasteiger partial charge in [-0.15, -0.1) is 10.2 Å². The summed E-state index contributed by atoms with van der Waals surface area (Å²) in [6.07, 6.45) is 0. The monoisotopic (exact) mass is 422 g/mol. The molecule has 3 aromatic rings. The Bertz CT molecular complexity index is 1060. The van der Waals surface area contributed by atoms with Crippen LogP contribution in [0.4, 0.5) is 5.69 Å². The second kappa shape index (κ2) is 9.84. The third kappa shape index (κ3) is 5.88. The Labute approximate surface area is 180 Å². The summed E-state index contributed by atoms with van der Waals surface area (Å²) in [5.41, 5.74) is 3.57. The molecule has 0 bridgehead atoms. The number of carbonyl (C=O) groups excluding carboxylic acids is 2. The average molecular weight is 422 g/mol. The molecule has 0 spiro atoms. The summed E-state index contributed by atoms with van der Waals surface area (Å²) in [7, 11) is 1.53. The van der Waals surface area contributed by atoms with Crippen LogP contribution in [-0.4, -0.2) is 45.7 Å². The minimum atomic E-state index is -0.398. The van der Waals surface area contributed by atoms with Crippen molar-refractivity contribution in [2.45, 2.75) is 33.2 Å². The third-order valence-corrected chi connectivity index (χ3v) is 4.65. The predicted molar refractivity (Wildman–Crippen MR) is 117 cm³/mol. The second-order valence-electron chi connectivity index (χ2n) is 7.45. The van der Waals surface area contributed by atoms with Crippen molar-refractivity contribution in [2.24, 2.45) is 0 Å². The highest BCUT2D eigenvalue weighted by Crippen LogP contribution is 2.25. The summed E-state index contributed by atoms with van der Waals surface area (Å²) in [6, 6.07) is 13.4. The molecule has 1 heterocycles. The molecule has 0 saturated heterocycles. The van der Waals surface area contributed by atoms with Crippen LogP contribution >= 0.6 is 0 Å². The van der Waals surface area contributed by atoms with Crippen LogP contribution in [0.3, 0.4) is 0 Å². The predicted octanol–water partition coefficient (Wildman–Crippen LogP) is 2.54. The Morgan fingerprint density at radius 3 is 2.52 bits per heavy atom. The van der Waals surface area contributed by atoms with E-state index >= 15 is 0 Å². The zero-order valence-corrected chi connectivity index (χ0v) is 18.0. The van der Waals surface area contributed by atoms with Crippen molar-refractivity contribution in [1.82, 2.24) is 25.5 Å². The molecule has 2 aromatic carbocycles. The van der Waals surface area contributed by atoms with Gasteiger partial charge in [-0.2, -0.15) is 4.80 Å². The van der Waals surface area contributed by atoms with Gasteiger partial charge in [0.15, 0.2) is 0 Å². The number of hydrogen-bond acceptors (Lipinski definition) is 6. The topological polar surface area (TPSA) is 111 Å². The standard InChI is InChI=1S/C22H26N6O3/c1-14(2)16-6-8-17(9-7-16)22-25-27-28(26-22)13-21(30)23-12-20(29)24-18-11-15(3)5-10-19(18)31-4/h5-11,14H,12-13H2,1-4H3,(H,23,30)(H,24,29). The summed E-state index contributed by atoms with van der Waals surface area (Å²) in [4.78, 5) is 25.5. The Hall–Kier alpha value is -3.75. The van der Waals surface area contributed by atoms with Gasteiger partial charge in [-0.05, 0) is 41.3 Å². The maximum Gasteiger partial charge on any atom is 0.244 e. The van der Waals surface area contributed by atoms with E-state index in [0.717, 1.165) is 11.1 Å². The van der Waals surface area contributed by atoms with Crippen LogP contribution in [0.5, 0.6) is 5.75 Å². The van der Waals surface area contributed by atoms with Crippen LogP contribution in [0.25, 0.3) is 11.4 Å². The molecule has 0 radical (unpaired) electrons. The highest BCUT2D eigenvalue weighted by atomic mass is 16.5. The van der Waals surface area contributed by atoms with Gasteiger partial charge in [0.25, 0.3) is 0 Å². The zero-order chi connectivity index (χ0) is 22.4. The van der Waals surface area contributed by atoms with E-state index in [2.05, 4.69) is 39.9 Å². The molecule has 0 aliphatic heterocycles. The normalized spacial score (nSPS) is 10.7. The molecular weight excluding hydrogens is 396 g/mol. The number of amides is 2. The van der Waals surface area contributed by atoms with Gasteiger partial charge in [-0.3, -0.25) is 9.59 Å². The van der Waals surface area contributed by atoms with Crippen molar-refractivity contribution in [2.75, 3.05) is 19.0 Å². The largest absolute Gasteiger partial charge is 0.495 e. The SMILES string of the molecule is COc1ccc(C)cc1NC(=O)CNC(=O)Cn1nnc(-c2ccc(C(C)C)cc2)n1. The van der Waals surface area contributed by atoms with Crippen molar-refractivity contribution in [3.8, 4) is 17.1 Å². The van der Waals surface area contributed by atoms with E-state index in [1.165, 1.54) is 17.5 Å². The zero-order valence-electron chi connectivity index (χ0n) is 18.0. The molecular formula is C22H26N6O3. The van der Waals surface area contributed by atoms with E-state index in [1.54, 1.807) is 12.1 Å². The van der Waals surface area contributed by atoms with Gasteiger partial charge >= 0.3 is 0 Å². The molecule has 1 aromatic heterocycles.